The summed E-state index contributed by atoms with van der Waals surface area (Å²) in [4.78, 5) is 13.6. The summed E-state index contributed by atoms with van der Waals surface area (Å²) in [5.41, 5.74) is 1.82. The molecule has 0 spiro atoms. The Balaban J connectivity index is 1.86. The molecule has 2 rings (SSSR count). The van der Waals surface area contributed by atoms with E-state index in [0.717, 1.165) is 24.5 Å². The number of likely N-dealkylation sites (tertiary alicyclic amines) is 1. The van der Waals surface area contributed by atoms with Crippen molar-refractivity contribution in [2.24, 2.45) is 0 Å². The summed E-state index contributed by atoms with van der Waals surface area (Å²) in [6, 6.07) is 8.20. The fraction of sp³-hybridized carbons (Fsp3) is 0.500. The van der Waals surface area contributed by atoms with Gasteiger partial charge in [-0.25, -0.2) is 4.79 Å². The smallest absolute Gasteiger partial charge is 0.411 e. The van der Waals surface area contributed by atoms with Crippen LogP contribution in [0.5, 0.6) is 0 Å². The van der Waals surface area contributed by atoms with Crippen molar-refractivity contribution in [3.8, 4) is 0 Å². The maximum atomic E-state index is 11.3. The number of benzene rings is 1. The number of amides is 1. The van der Waals surface area contributed by atoms with Crippen LogP contribution in [0.1, 0.15) is 13.3 Å². The van der Waals surface area contributed by atoms with Gasteiger partial charge in [-0.15, -0.1) is 0 Å². The molecule has 5 nitrogen and oxygen atoms in total. The average molecular weight is 263 g/mol. The van der Waals surface area contributed by atoms with E-state index in [0.29, 0.717) is 12.6 Å². The van der Waals surface area contributed by atoms with Crippen molar-refractivity contribution in [2.45, 2.75) is 19.4 Å². The zero-order valence-electron chi connectivity index (χ0n) is 11.5. The third-order valence-corrected chi connectivity index (χ3v) is 3.17. The molecule has 104 valence electrons. The molecular weight excluding hydrogens is 242 g/mol. The van der Waals surface area contributed by atoms with Crippen LogP contribution in [-0.2, 0) is 4.74 Å². The summed E-state index contributed by atoms with van der Waals surface area (Å²) in [5, 5.41) is 6.16. The van der Waals surface area contributed by atoms with Crippen LogP contribution in [0, 0.1) is 0 Å². The first-order valence-electron chi connectivity index (χ1n) is 6.66. The number of hydrogen-bond acceptors (Lipinski definition) is 4. The Morgan fingerprint density at radius 3 is 2.63 bits per heavy atom. The van der Waals surface area contributed by atoms with Crippen molar-refractivity contribution in [3.63, 3.8) is 0 Å². The van der Waals surface area contributed by atoms with Crippen LogP contribution < -0.4 is 10.6 Å². The summed E-state index contributed by atoms with van der Waals surface area (Å²) >= 11 is 0. The molecule has 1 heterocycles. The first kappa shape index (κ1) is 13.7. The van der Waals surface area contributed by atoms with E-state index in [1.165, 1.54) is 6.42 Å². The lowest BCUT2D eigenvalue weighted by atomic mass is 10.2. The number of ether oxygens (including phenoxy) is 1. The van der Waals surface area contributed by atoms with Gasteiger partial charge in [-0.1, -0.05) is 0 Å². The van der Waals surface area contributed by atoms with Gasteiger partial charge >= 0.3 is 6.09 Å². The molecule has 1 aromatic rings. The summed E-state index contributed by atoms with van der Waals surface area (Å²) in [6.07, 6.45) is 0.750. The lowest BCUT2D eigenvalue weighted by Crippen LogP contribution is -2.23. The number of nitrogens with zero attached hydrogens (tertiary/aromatic N) is 1. The van der Waals surface area contributed by atoms with E-state index < -0.39 is 6.09 Å². The molecule has 1 aliphatic heterocycles. The quantitative estimate of drug-likeness (QED) is 0.875. The average Bonchev–Trinajstić information content (AvgIpc) is 2.78. The number of rotatable bonds is 4. The normalized spacial score (nSPS) is 19.2. The third-order valence-electron chi connectivity index (χ3n) is 3.17. The zero-order valence-corrected chi connectivity index (χ0v) is 11.5. The summed E-state index contributed by atoms with van der Waals surface area (Å²) in [6.45, 7) is 4.37. The summed E-state index contributed by atoms with van der Waals surface area (Å²) in [5.74, 6) is 0. The van der Waals surface area contributed by atoms with Crippen molar-refractivity contribution < 1.29 is 9.53 Å². The van der Waals surface area contributed by atoms with E-state index >= 15 is 0 Å². The van der Waals surface area contributed by atoms with Gasteiger partial charge in [-0.05, 0) is 51.2 Å². The third kappa shape index (κ3) is 4.13. The highest BCUT2D eigenvalue weighted by atomic mass is 16.5. The molecule has 0 aliphatic carbocycles. The number of nitrogens with one attached hydrogen (secondary N) is 2. The molecule has 1 aliphatic rings. The van der Waals surface area contributed by atoms with Gasteiger partial charge in [-0.3, -0.25) is 5.32 Å². The largest absolute Gasteiger partial charge is 0.450 e. The molecule has 1 aromatic carbocycles. The molecule has 1 fully saturated rings. The molecule has 0 radical (unpaired) electrons. The number of likely N-dealkylation sites (N-methyl/N-ethyl adjacent to an activating group) is 1. The minimum atomic E-state index is -0.416. The SMILES string of the molecule is CCOC(=O)Nc1ccc(NC2CCN(C)C2)cc1. The van der Waals surface area contributed by atoms with Gasteiger partial charge in [0.05, 0.1) is 6.61 Å². The molecule has 2 N–H and O–H groups in total. The Bertz CT molecular complexity index is 419. The van der Waals surface area contributed by atoms with Crippen LogP contribution in [0.25, 0.3) is 0 Å². The molecule has 0 aromatic heterocycles. The molecule has 1 unspecified atom stereocenters. The molecule has 5 heteroatoms. The van der Waals surface area contributed by atoms with E-state index in [1.54, 1.807) is 6.92 Å². The predicted molar refractivity (Wildman–Crippen MR) is 76.6 cm³/mol. The topological polar surface area (TPSA) is 53.6 Å². The van der Waals surface area contributed by atoms with Gasteiger partial charge in [-0.2, -0.15) is 0 Å². The number of carbonyl (C=O) groups excluding carboxylic acids is 1. The Kier molecular flexibility index (Phi) is 4.63. The summed E-state index contributed by atoms with van der Waals surface area (Å²) in [7, 11) is 2.13. The summed E-state index contributed by atoms with van der Waals surface area (Å²) < 4.78 is 4.82. The Morgan fingerprint density at radius 1 is 1.37 bits per heavy atom. The van der Waals surface area contributed by atoms with Gasteiger partial charge in [0.15, 0.2) is 0 Å². The molecule has 0 bridgehead atoms. The lowest BCUT2D eigenvalue weighted by molar-refractivity contribution is 0.168. The van der Waals surface area contributed by atoms with E-state index in [4.69, 9.17) is 4.74 Å². The second-order valence-electron chi connectivity index (χ2n) is 4.81. The van der Waals surface area contributed by atoms with Crippen LogP contribution in [-0.4, -0.2) is 43.8 Å². The standard InChI is InChI=1S/C14H21N3O2/c1-3-19-14(18)16-12-6-4-11(5-7-12)15-13-8-9-17(2)10-13/h4-7,13,15H,3,8-10H2,1-2H3,(H,16,18). The van der Waals surface area contributed by atoms with E-state index in [9.17, 15) is 4.79 Å². The Morgan fingerprint density at radius 2 is 2.05 bits per heavy atom. The molecular formula is C14H21N3O2. The predicted octanol–water partition coefficient (Wildman–Crippen LogP) is 2.37. The van der Waals surface area contributed by atoms with Crippen LogP contribution in [0.15, 0.2) is 24.3 Å². The Labute approximate surface area is 113 Å². The van der Waals surface area contributed by atoms with Crippen molar-refractivity contribution in [1.29, 1.82) is 0 Å². The molecule has 1 atom stereocenters. The van der Waals surface area contributed by atoms with Gasteiger partial charge in [0.1, 0.15) is 0 Å². The molecule has 1 saturated heterocycles. The van der Waals surface area contributed by atoms with E-state index in [-0.39, 0.29) is 0 Å². The molecule has 19 heavy (non-hydrogen) atoms. The van der Waals surface area contributed by atoms with Crippen molar-refractivity contribution in [3.05, 3.63) is 24.3 Å². The number of anilines is 2. The fourth-order valence-corrected chi connectivity index (χ4v) is 2.22. The van der Waals surface area contributed by atoms with Crippen molar-refractivity contribution >= 4 is 17.5 Å². The highest BCUT2D eigenvalue weighted by molar-refractivity contribution is 5.84. The number of hydrogen-bond donors (Lipinski definition) is 2. The highest BCUT2D eigenvalue weighted by Crippen LogP contribution is 2.17. The first-order chi connectivity index (χ1) is 9.17. The van der Waals surface area contributed by atoms with Gasteiger partial charge in [0.25, 0.3) is 0 Å². The van der Waals surface area contributed by atoms with Crippen LogP contribution in [0.2, 0.25) is 0 Å². The maximum Gasteiger partial charge on any atom is 0.411 e. The monoisotopic (exact) mass is 263 g/mol. The van der Waals surface area contributed by atoms with Crippen LogP contribution >= 0.6 is 0 Å². The van der Waals surface area contributed by atoms with Gasteiger partial charge < -0.3 is 15.0 Å². The van der Waals surface area contributed by atoms with Gasteiger partial charge in [0.2, 0.25) is 0 Å². The highest BCUT2D eigenvalue weighted by Gasteiger charge is 2.18. The van der Waals surface area contributed by atoms with Crippen LogP contribution in [0.4, 0.5) is 16.2 Å². The minimum absolute atomic E-state index is 0.376. The number of carbonyl (C=O) groups is 1. The van der Waals surface area contributed by atoms with E-state index in [1.807, 2.05) is 24.3 Å². The molecule has 0 saturated carbocycles. The van der Waals surface area contributed by atoms with E-state index in [2.05, 4.69) is 22.6 Å². The lowest BCUT2D eigenvalue weighted by Gasteiger charge is -2.14. The second kappa shape index (κ2) is 6.43. The molecule has 1 amide bonds. The van der Waals surface area contributed by atoms with Crippen molar-refractivity contribution in [2.75, 3.05) is 37.4 Å². The fourth-order valence-electron chi connectivity index (χ4n) is 2.22. The second-order valence-corrected chi connectivity index (χ2v) is 4.81. The maximum absolute atomic E-state index is 11.3. The van der Waals surface area contributed by atoms with Crippen molar-refractivity contribution in [1.82, 2.24) is 4.90 Å². The zero-order chi connectivity index (χ0) is 13.7. The first-order valence-corrected chi connectivity index (χ1v) is 6.66. The van der Waals surface area contributed by atoms with Gasteiger partial charge in [0, 0.05) is 24.0 Å². The minimum Gasteiger partial charge on any atom is -0.450 e. The van der Waals surface area contributed by atoms with Crippen LogP contribution in [0.3, 0.4) is 0 Å². The Hall–Kier alpha value is -1.75.